The van der Waals surface area contributed by atoms with Gasteiger partial charge in [0.15, 0.2) is 5.43 Å². The van der Waals surface area contributed by atoms with E-state index in [-0.39, 0.29) is 24.1 Å². The molecule has 0 spiro atoms. The molecule has 0 unspecified atom stereocenters. The number of nitrogens with two attached hydrogens (primary N) is 1. The number of hydrogen-bond acceptors (Lipinski definition) is 8. The topological polar surface area (TPSA) is 152 Å². The summed E-state index contributed by atoms with van der Waals surface area (Å²) in [5.41, 5.74) is 14.3. The molecule has 2 aliphatic rings. The smallest absolute Gasteiger partial charge is 0.336 e. The van der Waals surface area contributed by atoms with Crippen LogP contribution in [-0.4, -0.2) is 26.2 Å². The van der Waals surface area contributed by atoms with Gasteiger partial charge in [0.05, 0.1) is 34.6 Å². The lowest BCUT2D eigenvalue weighted by Gasteiger charge is -2.21. The lowest BCUT2D eigenvalue weighted by molar-refractivity contribution is 0.0697. The molecule has 4 aromatic carbocycles. The number of carbonyl (C=O) groups is 1. The van der Waals surface area contributed by atoms with Gasteiger partial charge in [-0.05, 0) is 72.5 Å². The van der Waals surface area contributed by atoms with Gasteiger partial charge < -0.3 is 25.7 Å². The number of benzene rings is 5. The number of aromatic carboxylic acids is 1. The fourth-order valence-electron chi connectivity index (χ4n) is 6.95. The number of pyridine rings is 2. The van der Waals surface area contributed by atoms with Crippen molar-refractivity contribution in [2.24, 2.45) is 0 Å². The maximum Gasteiger partial charge on any atom is 0.336 e. The molecule has 8 rings (SSSR count). The molecule has 0 saturated heterocycles. The minimum Gasteiger partial charge on any atom is -0.478 e. The predicted molar refractivity (Wildman–Crippen MR) is 200 cm³/mol. The summed E-state index contributed by atoms with van der Waals surface area (Å²) < 4.78 is 6.79. The number of fused-ring (bicyclic) bond motifs is 4. The SMILES string of the molecule is Nc1ccc2c(-c3ccccc3C(=O)O)c3ccc(=O)c(CCc4cccc5ccc(CO)nc45)c-3oc2c1CNc1cccc2cccnc12. The summed E-state index contributed by atoms with van der Waals surface area (Å²) in [4.78, 5) is 35.5. The third-order valence-electron chi connectivity index (χ3n) is 9.44. The Bertz CT molecular complexity index is 2660. The molecule has 6 aromatic rings. The monoisotopic (exact) mass is 672 g/mol. The van der Waals surface area contributed by atoms with E-state index in [4.69, 9.17) is 10.2 Å². The Labute approximate surface area is 292 Å². The van der Waals surface area contributed by atoms with Crippen molar-refractivity contribution in [3.8, 4) is 22.5 Å². The van der Waals surface area contributed by atoms with Gasteiger partial charge in [-0.25, -0.2) is 4.79 Å². The number of carboxylic acid groups (broad SMARTS) is 1. The maximum atomic E-state index is 13.7. The largest absolute Gasteiger partial charge is 0.478 e. The quantitative estimate of drug-likeness (QED) is 0.0888. The average molecular weight is 673 g/mol. The fraction of sp³-hybridized carbons (Fsp3) is 0.0952. The number of para-hydroxylation sites is 2. The van der Waals surface area contributed by atoms with E-state index in [9.17, 15) is 19.8 Å². The fourth-order valence-corrected chi connectivity index (χ4v) is 6.95. The van der Waals surface area contributed by atoms with Crippen LogP contribution in [-0.2, 0) is 26.0 Å². The summed E-state index contributed by atoms with van der Waals surface area (Å²) >= 11 is 0. The first kappa shape index (κ1) is 31.7. The second kappa shape index (κ2) is 13.0. The minimum atomic E-state index is -1.07. The van der Waals surface area contributed by atoms with Crippen LogP contribution in [0.2, 0.25) is 0 Å². The van der Waals surface area contributed by atoms with Gasteiger partial charge in [-0.2, -0.15) is 0 Å². The van der Waals surface area contributed by atoms with Crippen molar-refractivity contribution < 1.29 is 19.4 Å². The van der Waals surface area contributed by atoms with Crippen LogP contribution in [0.15, 0.2) is 125 Å². The van der Waals surface area contributed by atoms with Crippen LogP contribution >= 0.6 is 0 Å². The Hall–Kier alpha value is -6.58. The number of rotatable bonds is 9. The van der Waals surface area contributed by atoms with Gasteiger partial charge >= 0.3 is 5.97 Å². The highest BCUT2D eigenvalue weighted by molar-refractivity contribution is 6.09. The van der Waals surface area contributed by atoms with Crippen LogP contribution in [0.25, 0.3) is 55.2 Å². The Morgan fingerprint density at radius 3 is 2.43 bits per heavy atom. The molecule has 0 amide bonds. The highest BCUT2D eigenvalue weighted by Gasteiger charge is 2.26. The summed E-state index contributed by atoms with van der Waals surface area (Å²) in [6, 6.07) is 33.1. The van der Waals surface area contributed by atoms with E-state index in [1.165, 1.54) is 6.07 Å². The molecule has 2 aromatic heterocycles. The van der Waals surface area contributed by atoms with Gasteiger partial charge in [-0.1, -0.05) is 60.7 Å². The van der Waals surface area contributed by atoms with Crippen LogP contribution in [0.4, 0.5) is 11.4 Å². The Balaban J connectivity index is 1.32. The average Bonchev–Trinajstić information content (AvgIpc) is 3.16. The first-order chi connectivity index (χ1) is 24.9. The summed E-state index contributed by atoms with van der Waals surface area (Å²) in [5.74, 6) is -0.701. The molecular weight excluding hydrogens is 640 g/mol. The van der Waals surface area contributed by atoms with Gasteiger partial charge in [0.25, 0.3) is 0 Å². The lowest BCUT2D eigenvalue weighted by atomic mass is 9.87. The number of nitrogens with one attached hydrogen (secondary N) is 1. The maximum absolute atomic E-state index is 13.7. The van der Waals surface area contributed by atoms with Crippen molar-refractivity contribution in [2.75, 3.05) is 11.1 Å². The molecule has 0 radical (unpaired) electrons. The molecule has 51 heavy (non-hydrogen) atoms. The van der Waals surface area contributed by atoms with E-state index in [0.717, 1.165) is 33.1 Å². The van der Waals surface area contributed by atoms with Crippen LogP contribution in [0, 0.1) is 0 Å². The van der Waals surface area contributed by atoms with Crippen LogP contribution in [0.3, 0.4) is 0 Å². The van der Waals surface area contributed by atoms with Gasteiger partial charge in [0.1, 0.15) is 11.3 Å². The Morgan fingerprint density at radius 1 is 0.784 bits per heavy atom. The highest BCUT2D eigenvalue weighted by atomic mass is 16.4. The summed E-state index contributed by atoms with van der Waals surface area (Å²) in [6.07, 6.45) is 2.55. The first-order valence-electron chi connectivity index (χ1n) is 16.6. The molecule has 0 saturated carbocycles. The summed E-state index contributed by atoms with van der Waals surface area (Å²) in [5, 5.41) is 26.1. The zero-order chi connectivity index (χ0) is 35.1. The number of nitrogens with zero attached hydrogens (tertiary/aromatic N) is 2. The van der Waals surface area contributed by atoms with Crippen molar-refractivity contribution in [1.29, 1.82) is 0 Å². The minimum absolute atomic E-state index is 0.124. The molecule has 0 fully saturated rings. The number of anilines is 2. The number of nitrogen functional groups attached to an aromatic ring is 1. The lowest BCUT2D eigenvalue weighted by Crippen LogP contribution is -2.13. The zero-order valence-corrected chi connectivity index (χ0v) is 27.4. The summed E-state index contributed by atoms with van der Waals surface area (Å²) in [7, 11) is 0. The zero-order valence-electron chi connectivity index (χ0n) is 27.4. The molecule has 9 heteroatoms. The first-order valence-corrected chi connectivity index (χ1v) is 16.6. The third-order valence-corrected chi connectivity index (χ3v) is 9.44. The highest BCUT2D eigenvalue weighted by Crippen LogP contribution is 2.44. The Kier molecular flexibility index (Phi) is 8.10. The molecule has 1 aliphatic heterocycles. The molecule has 3 heterocycles. The van der Waals surface area contributed by atoms with Crippen molar-refractivity contribution >= 4 is 50.1 Å². The standard InChI is InChI=1S/C42H32N4O5/c43-34-19-17-31-37(28-10-1-2-11-29(28)42(49)50)32-18-20-36(48)30(16-14-26-7-3-6-25-13-15-27(23-47)46-38(25)26)40(32)51-41(31)33(34)22-45-35-12-4-8-24-9-5-21-44-39(24)35/h1-13,15,17-21,45,47H,14,16,22-23,43H2,(H,49,50). The van der Waals surface area contributed by atoms with E-state index in [0.29, 0.717) is 68.8 Å². The molecule has 0 atom stereocenters. The van der Waals surface area contributed by atoms with Crippen LogP contribution in [0.5, 0.6) is 0 Å². The summed E-state index contributed by atoms with van der Waals surface area (Å²) in [6.45, 7) is 0.0946. The molecule has 5 N–H and O–H groups in total. The van der Waals surface area contributed by atoms with E-state index >= 15 is 0 Å². The van der Waals surface area contributed by atoms with Crippen molar-refractivity contribution in [2.45, 2.75) is 26.0 Å². The normalized spacial score (nSPS) is 11.5. The second-order valence-electron chi connectivity index (χ2n) is 12.4. The number of aryl methyl sites for hydroxylation is 1. The molecule has 0 bridgehead atoms. The number of aliphatic hydroxyl groups excluding tert-OH is 1. The van der Waals surface area contributed by atoms with E-state index in [2.05, 4.69) is 15.3 Å². The number of aromatic nitrogens is 2. The molecule has 250 valence electrons. The third kappa shape index (κ3) is 5.69. The molecular formula is C42H32N4O5. The van der Waals surface area contributed by atoms with Gasteiger partial charge in [-0.3, -0.25) is 14.8 Å². The van der Waals surface area contributed by atoms with Crippen LogP contribution < -0.4 is 16.5 Å². The van der Waals surface area contributed by atoms with Crippen molar-refractivity contribution in [3.63, 3.8) is 0 Å². The van der Waals surface area contributed by atoms with Gasteiger partial charge in [0.2, 0.25) is 0 Å². The molecule has 9 nitrogen and oxygen atoms in total. The predicted octanol–water partition coefficient (Wildman–Crippen LogP) is 7.83. The van der Waals surface area contributed by atoms with Gasteiger partial charge in [-0.15, -0.1) is 0 Å². The van der Waals surface area contributed by atoms with Crippen molar-refractivity contribution in [1.82, 2.24) is 9.97 Å². The second-order valence-corrected chi connectivity index (χ2v) is 12.4. The van der Waals surface area contributed by atoms with E-state index in [1.54, 1.807) is 48.7 Å². The Morgan fingerprint density at radius 2 is 1.59 bits per heavy atom. The van der Waals surface area contributed by atoms with E-state index in [1.807, 2.05) is 60.7 Å². The van der Waals surface area contributed by atoms with E-state index < -0.39 is 5.97 Å². The van der Waals surface area contributed by atoms with Gasteiger partial charge in [0, 0.05) is 56.8 Å². The number of carboxylic acids is 1. The van der Waals surface area contributed by atoms with Crippen molar-refractivity contribution in [3.05, 3.63) is 154 Å². The van der Waals surface area contributed by atoms with Crippen LogP contribution in [0.1, 0.15) is 32.7 Å². The number of hydrogen-bond donors (Lipinski definition) is 4. The molecule has 1 aliphatic carbocycles. The number of aliphatic hydroxyl groups is 1.